The minimum atomic E-state index is 0. The molecule has 0 atom stereocenters. The van der Waals surface area contributed by atoms with Crippen LogP contribution in [0.3, 0.4) is 0 Å². The Morgan fingerprint density at radius 3 is 2.10 bits per heavy atom. The van der Waals surface area contributed by atoms with Crippen LogP contribution in [0.15, 0.2) is 0 Å². The molecule has 0 heterocycles. The van der Waals surface area contributed by atoms with Gasteiger partial charge in [-0.1, -0.05) is 0 Å². The third-order valence-corrected chi connectivity index (χ3v) is 1.95. The fourth-order valence-electron chi connectivity index (χ4n) is 1.25. The molecule has 3 heteroatoms. The summed E-state index contributed by atoms with van der Waals surface area (Å²) in [6, 6.07) is 2.64. The molecule has 0 aromatic heterocycles. The number of hydrogen-bond acceptors (Lipinski definition) is 2. The number of nitrogens with zero attached hydrogens (tertiary/aromatic N) is 1. The van der Waals surface area contributed by atoms with Crippen molar-refractivity contribution in [3.05, 3.63) is 0 Å². The van der Waals surface area contributed by atoms with E-state index < -0.39 is 0 Å². The first kappa shape index (κ1) is 9.93. The van der Waals surface area contributed by atoms with Crippen LogP contribution in [0.4, 0.5) is 0 Å². The van der Waals surface area contributed by atoms with Gasteiger partial charge in [-0.25, -0.2) is 0 Å². The second-order valence-electron chi connectivity index (χ2n) is 2.74. The number of nitriles is 1. The van der Waals surface area contributed by atoms with Gasteiger partial charge in [0.25, 0.3) is 0 Å². The largest absolute Gasteiger partial charge is 0.328 e. The molecule has 0 aliphatic heterocycles. The van der Waals surface area contributed by atoms with Crippen LogP contribution >= 0.6 is 17.0 Å². The quantitative estimate of drug-likeness (QED) is 0.653. The summed E-state index contributed by atoms with van der Waals surface area (Å²) in [7, 11) is 0. The Balaban J connectivity index is 0.000000810. The predicted octanol–water partition coefficient (Wildman–Crippen LogP) is 1.61. The fourth-order valence-corrected chi connectivity index (χ4v) is 1.25. The van der Waals surface area contributed by atoms with Crippen molar-refractivity contribution in [1.82, 2.24) is 0 Å². The molecule has 1 aliphatic carbocycles. The molecule has 1 saturated carbocycles. The molecule has 2 N–H and O–H groups in total. The Morgan fingerprint density at radius 2 is 1.70 bits per heavy atom. The van der Waals surface area contributed by atoms with Crippen molar-refractivity contribution in [1.29, 1.82) is 5.26 Å². The topological polar surface area (TPSA) is 49.8 Å². The first-order valence-corrected chi connectivity index (χ1v) is 3.48. The molecule has 0 unspecified atom stereocenters. The maximum Gasteiger partial charge on any atom is 0.0655 e. The highest BCUT2D eigenvalue weighted by Gasteiger charge is 2.16. The van der Waals surface area contributed by atoms with Gasteiger partial charge in [-0.15, -0.1) is 17.0 Å². The van der Waals surface area contributed by atoms with Crippen molar-refractivity contribution in [2.75, 3.05) is 0 Å². The van der Waals surface area contributed by atoms with Gasteiger partial charge in [0.15, 0.2) is 0 Å². The zero-order valence-corrected chi connectivity index (χ0v) is 7.63. The molecule has 0 radical (unpaired) electrons. The molecule has 1 rings (SSSR count). The summed E-state index contributed by atoms with van der Waals surface area (Å²) < 4.78 is 0. The smallest absolute Gasteiger partial charge is 0.0655 e. The summed E-state index contributed by atoms with van der Waals surface area (Å²) in [4.78, 5) is 0. The van der Waals surface area contributed by atoms with Crippen molar-refractivity contribution in [3.8, 4) is 6.07 Å². The summed E-state index contributed by atoms with van der Waals surface area (Å²) in [6.07, 6.45) is 4.10. The van der Waals surface area contributed by atoms with E-state index in [2.05, 4.69) is 6.07 Å². The van der Waals surface area contributed by atoms with Crippen molar-refractivity contribution < 1.29 is 0 Å². The summed E-state index contributed by atoms with van der Waals surface area (Å²) in [5.74, 6) is 0.296. The Bertz CT molecular complexity index is 122. The van der Waals surface area contributed by atoms with Crippen molar-refractivity contribution in [2.24, 2.45) is 11.7 Å². The second kappa shape index (κ2) is 4.70. The van der Waals surface area contributed by atoms with Gasteiger partial charge in [0.2, 0.25) is 0 Å². The van der Waals surface area contributed by atoms with Crippen LogP contribution < -0.4 is 5.73 Å². The molecule has 10 heavy (non-hydrogen) atoms. The van der Waals surface area contributed by atoms with Gasteiger partial charge in [-0.05, 0) is 25.7 Å². The van der Waals surface area contributed by atoms with E-state index in [1.54, 1.807) is 0 Å². The molecule has 0 saturated heterocycles. The van der Waals surface area contributed by atoms with Crippen LogP contribution in [-0.4, -0.2) is 6.04 Å². The summed E-state index contributed by atoms with van der Waals surface area (Å²) >= 11 is 0. The summed E-state index contributed by atoms with van der Waals surface area (Å²) in [5, 5.41) is 8.49. The molecule has 0 aromatic rings. The third kappa shape index (κ3) is 2.68. The van der Waals surface area contributed by atoms with Crippen LogP contribution in [0, 0.1) is 17.2 Å². The van der Waals surface area contributed by atoms with E-state index in [4.69, 9.17) is 11.0 Å². The molecule has 0 amide bonds. The van der Waals surface area contributed by atoms with Crippen molar-refractivity contribution in [3.63, 3.8) is 0 Å². The van der Waals surface area contributed by atoms with E-state index in [1.807, 2.05) is 0 Å². The maximum absolute atomic E-state index is 8.49. The molecule has 2 nitrogen and oxygen atoms in total. The van der Waals surface area contributed by atoms with Gasteiger partial charge in [-0.3, -0.25) is 0 Å². The van der Waals surface area contributed by atoms with E-state index in [0.29, 0.717) is 12.0 Å². The van der Waals surface area contributed by atoms with Crippen LogP contribution in [-0.2, 0) is 0 Å². The highest BCUT2D eigenvalue weighted by atomic mass is 79.9. The Hall–Kier alpha value is -0.0700. The van der Waals surface area contributed by atoms with Crippen molar-refractivity contribution >= 4 is 17.0 Å². The monoisotopic (exact) mass is 204 g/mol. The van der Waals surface area contributed by atoms with E-state index >= 15 is 0 Å². The van der Waals surface area contributed by atoms with Gasteiger partial charge < -0.3 is 5.73 Å². The molecule has 1 fully saturated rings. The second-order valence-corrected chi connectivity index (χ2v) is 2.74. The lowest BCUT2D eigenvalue weighted by Crippen LogP contribution is -2.25. The summed E-state index contributed by atoms with van der Waals surface area (Å²) in [6.45, 7) is 0. The van der Waals surface area contributed by atoms with Gasteiger partial charge in [0.1, 0.15) is 0 Å². The zero-order chi connectivity index (χ0) is 6.69. The Labute approximate surface area is 72.2 Å². The molecule has 0 spiro atoms. The Morgan fingerprint density at radius 1 is 1.20 bits per heavy atom. The first-order chi connectivity index (χ1) is 4.33. The van der Waals surface area contributed by atoms with E-state index in [0.717, 1.165) is 25.7 Å². The lowest BCUT2D eigenvalue weighted by Gasteiger charge is -2.20. The van der Waals surface area contributed by atoms with Gasteiger partial charge in [0, 0.05) is 12.0 Å². The lowest BCUT2D eigenvalue weighted by atomic mass is 9.88. The average molecular weight is 205 g/mol. The molecular formula is C7H13BrN2. The predicted molar refractivity (Wildman–Crippen MR) is 45.9 cm³/mol. The number of rotatable bonds is 0. The molecule has 0 bridgehead atoms. The van der Waals surface area contributed by atoms with E-state index in [9.17, 15) is 0 Å². The standard InChI is InChI=1S/C7H12N2.BrH/c8-5-6-1-3-7(9)4-2-6;/h6-7H,1-4,9H2;1H/t6-,7-;. The van der Waals surface area contributed by atoms with Crippen LogP contribution in [0.1, 0.15) is 25.7 Å². The van der Waals surface area contributed by atoms with Crippen LogP contribution in [0.25, 0.3) is 0 Å². The highest BCUT2D eigenvalue weighted by molar-refractivity contribution is 8.93. The maximum atomic E-state index is 8.49. The molecular weight excluding hydrogens is 192 g/mol. The SMILES string of the molecule is Br.N#C[C@H]1CC[C@H](N)CC1. The number of nitrogens with two attached hydrogens (primary N) is 1. The minimum Gasteiger partial charge on any atom is -0.328 e. The molecule has 0 aromatic carbocycles. The minimum absolute atomic E-state index is 0. The third-order valence-electron chi connectivity index (χ3n) is 1.95. The summed E-state index contributed by atoms with van der Waals surface area (Å²) in [5.41, 5.74) is 5.64. The Kier molecular flexibility index (Phi) is 4.67. The fraction of sp³-hybridized carbons (Fsp3) is 0.857. The number of halogens is 1. The van der Waals surface area contributed by atoms with Gasteiger partial charge in [0.05, 0.1) is 6.07 Å². The van der Waals surface area contributed by atoms with Crippen LogP contribution in [0.2, 0.25) is 0 Å². The van der Waals surface area contributed by atoms with E-state index in [-0.39, 0.29) is 17.0 Å². The number of hydrogen-bond donors (Lipinski definition) is 1. The highest BCUT2D eigenvalue weighted by Crippen LogP contribution is 2.21. The van der Waals surface area contributed by atoms with E-state index in [1.165, 1.54) is 0 Å². The molecule has 1 aliphatic rings. The van der Waals surface area contributed by atoms with Crippen molar-refractivity contribution in [2.45, 2.75) is 31.7 Å². The lowest BCUT2D eigenvalue weighted by molar-refractivity contribution is 0.381. The first-order valence-electron chi connectivity index (χ1n) is 3.48. The molecule has 58 valence electrons. The van der Waals surface area contributed by atoms with Gasteiger partial charge in [-0.2, -0.15) is 5.26 Å². The van der Waals surface area contributed by atoms with Crippen LogP contribution in [0.5, 0.6) is 0 Å². The van der Waals surface area contributed by atoms with Gasteiger partial charge >= 0.3 is 0 Å². The normalized spacial score (nSPS) is 32.0. The zero-order valence-electron chi connectivity index (χ0n) is 5.92. The average Bonchev–Trinajstić information content (AvgIpc) is 1.90.